The van der Waals surface area contributed by atoms with E-state index in [1.807, 2.05) is 6.92 Å². The van der Waals surface area contributed by atoms with Crippen LogP contribution in [-0.4, -0.2) is 72.4 Å². The van der Waals surface area contributed by atoms with Gasteiger partial charge in [0, 0.05) is 38.9 Å². The number of carbonyl (C=O) groups excluding carboxylic acids is 2. The molecule has 0 saturated carbocycles. The Morgan fingerprint density at radius 3 is 2.38 bits per heavy atom. The number of nitrogens with one attached hydrogen (secondary N) is 2. The first-order valence-corrected chi connectivity index (χ1v) is 8.58. The van der Waals surface area contributed by atoms with Gasteiger partial charge in [0.15, 0.2) is 5.15 Å². The van der Waals surface area contributed by atoms with Crippen LogP contribution in [0.25, 0.3) is 0 Å². The van der Waals surface area contributed by atoms with E-state index in [0.29, 0.717) is 18.8 Å². The van der Waals surface area contributed by atoms with Crippen molar-refractivity contribution in [2.75, 3.05) is 51.1 Å². The van der Waals surface area contributed by atoms with Crippen LogP contribution in [0, 0.1) is 0 Å². The van der Waals surface area contributed by atoms with Gasteiger partial charge in [-0.25, -0.2) is 4.98 Å². The molecular formula is C16H24ClN5O2. The molecule has 0 bridgehead atoms. The summed E-state index contributed by atoms with van der Waals surface area (Å²) in [5, 5.41) is 5.94. The Morgan fingerprint density at radius 2 is 1.79 bits per heavy atom. The Morgan fingerprint density at radius 1 is 1.17 bits per heavy atom. The molecule has 24 heavy (non-hydrogen) atoms. The SMILES string of the molecule is CCCNC(=O)CN1CCN(CC(=O)Nc2cccnc2Cl)CC1. The lowest BCUT2D eigenvalue weighted by Gasteiger charge is -2.33. The number of nitrogens with zero attached hydrogens (tertiary/aromatic N) is 3. The fourth-order valence-corrected chi connectivity index (χ4v) is 2.67. The minimum Gasteiger partial charge on any atom is -0.355 e. The zero-order valence-electron chi connectivity index (χ0n) is 13.9. The molecule has 2 N–H and O–H groups in total. The second kappa shape index (κ2) is 9.56. The van der Waals surface area contributed by atoms with Crippen molar-refractivity contribution in [1.82, 2.24) is 20.1 Å². The highest BCUT2D eigenvalue weighted by molar-refractivity contribution is 6.32. The first-order chi connectivity index (χ1) is 11.6. The van der Waals surface area contributed by atoms with Gasteiger partial charge in [-0.3, -0.25) is 19.4 Å². The van der Waals surface area contributed by atoms with Crippen LogP contribution in [0.2, 0.25) is 5.15 Å². The van der Waals surface area contributed by atoms with Crippen molar-refractivity contribution in [2.24, 2.45) is 0 Å². The number of hydrogen-bond acceptors (Lipinski definition) is 5. The molecule has 0 radical (unpaired) electrons. The van der Waals surface area contributed by atoms with Crippen LogP contribution < -0.4 is 10.6 Å². The Labute approximate surface area is 147 Å². The number of aromatic nitrogens is 1. The summed E-state index contributed by atoms with van der Waals surface area (Å²) in [7, 11) is 0. The molecule has 0 unspecified atom stereocenters. The van der Waals surface area contributed by atoms with Crippen LogP contribution in [0.1, 0.15) is 13.3 Å². The van der Waals surface area contributed by atoms with Crippen LogP contribution in [0.3, 0.4) is 0 Å². The maximum absolute atomic E-state index is 12.1. The summed E-state index contributed by atoms with van der Waals surface area (Å²) in [5.74, 6) is -0.0479. The molecule has 0 atom stereocenters. The van der Waals surface area contributed by atoms with Crippen LogP contribution in [0.5, 0.6) is 0 Å². The highest BCUT2D eigenvalue weighted by Gasteiger charge is 2.20. The van der Waals surface area contributed by atoms with Crippen molar-refractivity contribution < 1.29 is 9.59 Å². The zero-order chi connectivity index (χ0) is 17.4. The summed E-state index contributed by atoms with van der Waals surface area (Å²) in [6, 6.07) is 3.45. The highest BCUT2D eigenvalue weighted by Crippen LogP contribution is 2.17. The lowest BCUT2D eigenvalue weighted by Crippen LogP contribution is -2.51. The lowest BCUT2D eigenvalue weighted by molar-refractivity contribution is -0.123. The maximum Gasteiger partial charge on any atom is 0.238 e. The molecule has 2 rings (SSSR count). The van der Waals surface area contributed by atoms with Gasteiger partial charge < -0.3 is 10.6 Å². The fraction of sp³-hybridized carbons (Fsp3) is 0.562. The topological polar surface area (TPSA) is 77.6 Å². The molecule has 2 heterocycles. The van der Waals surface area contributed by atoms with E-state index in [9.17, 15) is 9.59 Å². The molecule has 1 aromatic rings. The number of amides is 2. The van der Waals surface area contributed by atoms with E-state index in [1.54, 1.807) is 18.3 Å². The first kappa shape index (κ1) is 18.6. The van der Waals surface area contributed by atoms with Gasteiger partial charge in [-0.15, -0.1) is 0 Å². The van der Waals surface area contributed by atoms with Crippen molar-refractivity contribution in [3.8, 4) is 0 Å². The van der Waals surface area contributed by atoms with Gasteiger partial charge in [0.1, 0.15) is 0 Å². The smallest absolute Gasteiger partial charge is 0.238 e. The number of carbonyl (C=O) groups is 2. The van der Waals surface area contributed by atoms with Gasteiger partial charge in [0.2, 0.25) is 11.8 Å². The van der Waals surface area contributed by atoms with E-state index in [2.05, 4.69) is 25.4 Å². The number of pyridine rings is 1. The summed E-state index contributed by atoms with van der Waals surface area (Å²) < 4.78 is 0. The zero-order valence-corrected chi connectivity index (χ0v) is 14.7. The Bertz CT molecular complexity index is 561. The molecule has 7 nitrogen and oxygen atoms in total. The molecule has 1 fully saturated rings. The van der Waals surface area contributed by atoms with Crippen LogP contribution in [0.4, 0.5) is 5.69 Å². The monoisotopic (exact) mass is 353 g/mol. The molecule has 1 aromatic heterocycles. The molecular weight excluding hydrogens is 330 g/mol. The average molecular weight is 354 g/mol. The van der Waals surface area contributed by atoms with Gasteiger partial charge in [0.05, 0.1) is 18.8 Å². The highest BCUT2D eigenvalue weighted by atomic mass is 35.5. The number of piperazine rings is 1. The van der Waals surface area contributed by atoms with Crippen LogP contribution in [-0.2, 0) is 9.59 Å². The summed E-state index contributed by atoms with van der Waals surface area (Å²) in [6.45, 7) is 6.55. The third-order valence-electron chi connectivity index (χ3n) is 3.80. The summed E-state index contributed by atoms with van der Waals surface area (Å²) in [6.07, 6.45) is 2.52. The number of hydrogen-bond donors (Lipinski definition) is 2. The normalized spacial score (nSPS) is 15.9. The van der Waals surface area contributed by atoms with Gasteiger partial charge in [-0.05, 0) is 18.6 Å². The first-order valence-electron chi connectivity index (χ1n) is 8.20. The second-order valence-corrected chi connectivity index (χ2v) is 6.15. The summed E-state index contributed by atoms with van der Waals surface area (Å²) in [4.78, 5) is 31.9. The Hall–Kier alpha value is -1.70. The number of rotatable bonds is 7. The quantitative estimate of drug-likeness (QED) is 0.710. The maximum atomic E-state index is 12.1. The van der Waals surface area contributed by atoms with E-state index < -0.39 is 0 Å². The lowest BCUT2D eigenvalue weighted by atomic mass is 10.3. The predicted molar refractivity (Wildman–Crippen MR) is 94.1 cm³/mol. The second-order valence-electron chi connectivity index (χ2n) is 5.79. The van der Waals surface area contributed by atoms with Crippen molar-refractivity contribution in [2.45, 2.75) is 13.3 Å². The Balaban J connectivity index is 1.70. The molecule has 0 aliphatic carbocycles. The molecule has 0 aromatic carbocycles. The molecule has 1 aliphatic heterocycles. The predicted octanol–water partition coefficient (Wildman–Crippen LogP) is 0.817. The van der Waals surface area contributed by atoms with E-state index in [4.69, 9.17) is 11.6 Å². The van der Waals surface area contributed by atoms with Crippen molar-refractivity contribution in [1.29, 1.82) is 0 Å². The molecule has 1 aliphatic rings. The third kappa shape index (κ3) is 6.07. The molecule has 0 spiro atoms. The summed E-state index contributed by atoms with van der Waals surface area (Å²) >= 11 is 5.93. The van der Waals surface area contributed by atoms with Crippen molar-refractivity contribution >= 4 is 29.1 Å². The molecule has 1 saturated heterocycles. The summed E-state index contributed by atoms with van der Waals surface area (Å²) in [5.41, 5.74) is 0.524. The van der Waals surface area contributed by atoms with Crippen LogP contribution in [0.15, 0.2) is 18.3 Å². The minimum atomic E-state index is -0.112. The third-order valence-corrected chi connectivity index (χ3v) is 4.11. The Kier molecular flexibility index (Phi) is 7.42. The average Bonchev–Trinajstić information content (AvgIpc) is 2.57. The van der Waals surface area contributed by atoms with Gasteiger partial charge in [-0.2, -0.15) is 0 Å². The molecule has 8 heteroatoms. The molecule has 2 amide bonds. The van der Waals surface area contributed by atoms with Crippen molar-refractivity contribution in [3.63, 3.8) is 0 Å². The van der Waals surface area contributed by atoms with Gasteiger partial charge in [-0.1, -0.05) is 18.5 Å². The van der Waals surface area contributed by atoms with Gasteiger partial charge in [0.25, 0.3) is 0 Å². The number of halogens is 1. The van der Waals surface area contributed by atoms with E-state index in [1.165, 1.54) is 0 Å². The standard InChI is InChI=1S/C16H24ClN5O2/c1-2-5-18-14(23)11-21-7-9-22(10-8-21)12-15(24)20-13-4-3-6-19-16(13)17/h3-4,6H,2,5,7-12H2,1H3,(H,18,23)(H,20,24). The largest absolute Gasteiger partial charge is 0.355 e. The van der Waals surface area contributed by atoms with Crippen LogP contribution >= 0.6 is 11.6 Å². The van der Waals surface area contributed by atoms with Crippen molar-refractivity contribution in [3.05, 3.63) is 23.5 Å². The van der Waals surface area contributed by atoms with E-state index in [-0.39, 0.29) is 17.0 Å². The fourth-order valence-electron chi connectivity index (χ4n) is 2.50. The van der Waals surface area contributed by atoms with E-state index in [0.717, 1.165) is 39.1 Å². The number of anilines is 1. The minimum absolute atomic E-state index is 0.0641. The van der Waals surface area contributed by atoms with E-state index >= 15 is 0 Å². The molecule has 132 valence electrons. The van der Waals surface area contributed by atoms with Gasteiger partial charge >= 0.3 is 0 Å².